The number of hydrogen-bond acceptors (Lipinski definition) is 7. The van der Waals surface area contributed by atoms with Crippen LogP contribution in [0.15, 0.2) is 6.33 Å². The van der Waals surface area contributed by atoms with E-state index in [0.717, 1.165) is 10.9 Å². The molecule has 11 heteroatoms. The summed E-state index contributed by atoms with van der Waals surface area (Å²) in [6.45, 7) is -4.29. The second kappa shape index (κ2) is 6.06. The smallest absolute Gasteiger partial charge is 0.243 e. The molecule has 0 aromatic carbocycles. The highest BCUT2D eigenvalue weighted by molar-refractivity contribution is 7.71. The van der Waals surface area contributed by atoms with Crippen molar-refractivity contribution >= 4 is 29.3 Å². The molecule has 0 spiro atoms. The Labute approximate surface area is 142 Å². The summed E-state index contributed by atoms with van der Waals surface area (Å²) in [5.74, 6) is 3.67. The van der Waals surface area contributed by atoms with Crippen molar-refractivity contribution in [1.29, 1.82) is 0 Å². The lowest BCUT2D eigenvalue weighted by molar-refractivity contribution is -0.0504. The van der Waals surface area contributed by atoms with Crippen LogP contribution in [-0.2, 0) is 4.74 Å². The molecule has 1 saturated heterocycles. The van der Waals surface area contributed by atoms with Gasteiger partial charge in [-0.1, -0.05) is 24.1 Å². The normalized spacial score (nSPS) is 31.4. The minimum Gasteiger partial charge on any atom is -0.394 e. The fourth-order valence-corrected chi connectivity index (χ4v) is 2.73. The van der Waals surface area contributed by atoms with Crippen LogP contribution in [0.2, 0.25) is 0 Å². The van der Waals surface area contributed by atoms with Gasteiger partial charge in [0.25, 0.3) is 0 Å². The van der Waals surface area contributed by atoms with Gasteiger partial charge in [0.1, 0.15) is 30.0 Å². The standard InChI is InChI=1S/C13H13F2N5O3S/c14-3-1-2-13(15)8(22)6(4-21)23-11(13)20-5-17-7-9(20)18-12(16)19-10(7)24/h5-6,8,11,21-22H,3-4H2,(H3,16,18,19,24)/t6-,8+,11-,13?/m1/s1/i4D2. The molecule has 1 unspecified atom stereocenters. The fraction of sp³-hybridized carbons (Fsp3) is 0.462. The van der Waals surface area contributed by atoms with E-state index < -0.39 is 37.3 Å². The van der Waals surface area contributed by atoms with Gasteiger partial charge in [0.05, 0.1) is 15.6 Å². The first kappa shape index (κ1) is 14.2. The van der Waals surface area contributed by atoms with Gasteiger partial charge in [0.15, 0.2) is 16.8 Å². The summed E-state index contributed by atoms with van der Waals surface area (Å²) in [6.07, 6.45) is -4.89. The van der Waals surface area contributed by atoms with Gasteiger partial charge in [-0.15, -0.1) is 0 Å². The Hall–Kier alpha value is -2.13. The molecular formula is C13H13F2N5O3S. The molecule has 4 atom stereocenters. The number of imidazole rings is 1. The van der Waals surface area contributed by atoms with Crippen molar-refractivity contribution in [3.05, 3.63) is 11.0 Å². The average Bonchev–Trinajstić information content (AvgIpc) is 3.05. The zero-order valence-electron chi connectivity index (χ0n) is 13.9. The molecule has 3 rings (SSSR count). The highest BCUT2D eigenvalue weighted by Crippen LogP contribution is 2.42. The number of aromatic nitrogens is 4. The quantitative estimate of drug-likeness (QED) is 0.440. The maximum absolute atomic E-state index is 15.5. The number of aromatic amines is 1. The minimum atomic E-state index is -3.09. The third kappa shape index (κ3) is 2.44. The second-order valence-corrected chi connectivity index (χ2v) is 5.35. The van der Waals surface area contributed by atoms with Crippen LogP contribution >= 0.6 is 12.2 Å². The van der Waals surface area contributed by atoms with Gasteiger partial charge in [-0.2, -0.15) is 0 Å². The van der Waals surface area contributed by atoms with Crippen molar-refractivity contribution in [2.24, 2.45) is 0 Å². The number of nitrogens with two attached hydrogens (primary N) is 1. The van der Waals surface area contributed by atoms with E-state index in [4.69, 9.17) is 25.4 Å². The Morgan fingerprint density at radius 2 is 2.42 bits per heavy atom. The molecule has 5 N–H and O–H groups in total. The lowest BCUT2D eigenvalue weighted by Gasteiger charge is -2.24. The van der Waals surface area contributed by atoms with Crippen LogP contribution in [0.5, 0.6) is 0 Å². The Bertz CT molecular complexity index is 969. The van der Waals surface area contributed by atoms with Crippen molar-refractivity contribution in [2.45, 2.75) is 24.1 Å². The number of aliphatic hydroxyl groups is 2. The van der Waals surface area contributed by atoms with Gasteiger partial charge in [0.2, 0.25) is 5.67 Å². The lowest BCUT2D eigenvalue weighted by Crippen LogP contribution is -2.42. The van der Waals surface area contributed by atoms with Crippen LogP contribution in [0.4, 0.5) is 14.7 Å². The minimum absolute atomic E-state index is 0.0156. The molecule has 0 saturated carbocycles. The second-order valence-electron chi connectivity index (χ2n) is 4.96. The Balaban J connectivity index is 2.20. The molecule has 2 aromatic heterocycles. The molecular weight excluding hydrogens is 344 g/mol. The van der Waals surface area contributed by atoms with Crippen molar-refractivity contribution in [3.63, 3.8) is 0 Å². The molecule has 128 valence electrons. The summed E-state index contributed by atoms with van der Waals surface area (Å²) in [4.78, 5) is 10.4. The fourth-order valence-electron chi connectivity index (χ4n) is 2.48. The van der Waals surface area contributed by atoms with Crippen LogP contribution in [0, 0.1) is 16.5 Å². The van der Waals surface area contributed by atoms with Gasteiger partial charge in [-0.05, 0) is 0 Å². The Morgan fingerprint density at radius 3 is 3.08 bits per heavy atom. The van der Waals surface area contributed by atoms with Crippen molar-refractivity contribution in [1.82, 2.24) is 19.5 Å². The van der Waals surface area contributed by atoms with E-state index in [2.05, 4.69) is 15.0 Å². The summed E-state index contributed by atoms with van der Waals surface area (Å²) in [5, 5.41) is 19.7. The van der Waals surface area contributed by atoms with Gasteiger partial charge in [0, 0.05) is 0 Å². The van der Waals surface area contributed by atoms with Gasteiger partial charge < -0.3 is 25.7 Å². The zero-order chi connectivity index (χ0) is 19.3. The number of rotatable bonds is 2. The first-order valence-corrected chi connectivity index (χ1v) is 7.03. The number of ether oxygens (including phenoxy) is 1. The van der Waals surface area contributed by atoms with Crippen LogP contribution < -0.4 is 5.73 Å². The summed E-state index contributed by atoms with van der Waals surface area (Å²) in [6, 6.07) is 0. The number of hydrogen-bond donors (Lipinski definition) is 4. The monoisotopic (exact) mass is 359 g/mol. The highest BCUT2D eigenvalue weighted by Gasteiger charge is 2.57. The van der Waals surface area contributed by atoms with E-state index in [0.29, 0.717) is 0 Å². The first-order chi connectivity index (χ1) is 12.1. The van der Waals surface area contributed by atoms with Crippen molar-refractivity contribution in [3.8, 4) is 11.8 Å². The summed E-state index contributed by atoms with van der Waals surface area (Å²) < 4.78 is 48.9. The van der Waals surface area contributed by atoms with Crippen molar-refractivity contribution in [2.75, 3.05) is 19.0 Å². The number of aliphatic hydroxyl groups excluding tert-OH is 1. The Kier molecular flexibility index (Phi) is 3.59. The zero-order valence-corrected chi connectivity index (χ0v) is 12.7. The van der Waals surface area contributed by atoms with E-state index in [1.54, 1.807) is 0 Å². The first-order valence-electron chi connectivity index (χ1n) is 7.62. The molecule has 0 bridgehead atoms. The number of anilines is 1. The molecule has 0 radical (unpaired) electrons. The Morgan fingerprint density at radius 1 is 1.67 bits per heavy atom. The number of nitrogens with zero attached hydrogens (tertiary/aromatic N) is 3. The molecule has 24 heavy (non-hydrogen) atoms. The predicted octanol–water partition coefficient (Wildman–Crippen LogP) is 0.00289. The third-order valence-electron chi connectivity index (χ3n) is 3.54. The summed E-state index contributed by atoms with van der Waals surface area (Å²) in [7, 11) is 0. The lowest BCUT2D eigenvalue weighted by atomic mass is 9.96. The van der Waals surface area contributed by atoms with E-state index in [9.17, 15) is 14.6 Å². The summed E-state index contributed by atoms with van der Waals surface area (Å²) >= 11 is 5.01. The molecule has 0 amide bonds. The predicted molar refractivity (Wildman–Crippen MR) is 81.7 cm³/mol. The molecule has 1 aliphatic rings. The number of H-pyrrole nitrogens is 1. The molecule has 8 nitrogen and oxygen atoms in total. The van der Waals surface area contributed by atoms with E-state index in [-0.39, 0.29) is 21.8 Å². The number of halogens is 2. The average molecular weight is 359 g/mol. The van der Waals surface area contributed by atoms with Crippen LogP contribution in [-0.4, -0.2) is 60.8 Å². The molecule has 0 aliphatic carbocycles. The number of nitrogens with one attached hydrogen (secondary N) is 1. The largest absolute Gasteiger partial charge is 0.394 e. The van der Waals surface area contributed by atoms with Gasteiger partial charge >= 0.3 is 0 Å². The molecule has 1 aliphatic heterocycles. The third-order valence-corrected chi connectivity index (χ3v) is 3.83. The maximum Gasteiger partial charge on any atom is 0.243 e. The van der Waals surface area contributed by atoms with Crippen molar-refractivity contribution < 1.29 is 26.5 Å². The number of fused-ring (bicyclic) bond motifs is 1. The highest BCUT2D eigenvalue weighted by atomic mass is 32.1. The van der Waals surface area contributed by atoms with E-state index in [1.807, 2.05) is 11.8 Å². The maximum atomic E-state index is 15.5. The van der Waals surface area contributed by atoms with E-state index >= 15 is 4.39 Å². The molecule has 2 aromatic rings. The topological polar surface area (TPSA) is 122 Å². The van der Waals surface area contributed by atoms with Gasteiger partial charge in [-0.25, -0.2) is 18.7 Å². The van der Waals surface area contributed by atoms with Gasteiger partial charge in [-0.3, -0.25) is 4.57 Å². The van der Waals surface area contributed by atoms with Crippen LogP contribution in [0.25, 0.3) is 11.2 Å². The SMILES string of the molecule is [2H]C([2H])(O)[C@H]1O[C@@H](n2cnc3c(=S)nc(N)[nH]c32)C(F)(C#CCF)[C@H]1O. The van der Waals surface area contributed by atoms with E-state index in [1.165, 1.54) is 0 Å². The molecule has 1 fully saturated rings. The van der Waals surface area contributed by atoms with Crippen LogP contribution in [0.3, 0.4) is 0 Å². The van der Waals surface area contributed by atoms with Crippen LogP contribution in [0.1, 0.15) is 8.97 Å². The number of alkyl halides is 2. The summed E-state index contributed by atoms with van der Waals surface area (Å²) in [5.41, 5.74) is 2.85. The number of nitrogen functional groups attached to an aromatic ring is 1. The molecule has 3 heterocycles.